The minimum atomic E-state index is -0.887. The maximum Gasteiger partial charge on any atom is 0.311 e. The lowest BCUT2D eigenvalue weighted by Crippen LogP contribution is -2.45. The van der Waals surface area contributed by atoms with Gasteiger partial charge in [0.1, 0.15) is 12.4 Å². The van der Waals surface area contributed by atoms with E-state index in [2.05, 4.69) is 0 Å². The van der Waals surface area contributed by atoms with Gasteiger partial charge in [-0.05, 0) is 37.5 Å². The standard InChI is InChI=1S/C20H25NO6/c22-18(21-10-15-11-25-8-6-20(15,13-21)19(23)24)14-3-1-4-16(9-14)27-12-17-5-2-7-26-17/h1,3-4,9,15,17H,2,5-8,10-13H2,(H,23,24)/t15-,17?,20+/m0/s1. The number of benzene rings is 1. The smallest absolute Gasteiger partial charge is 0.311 e. The molecule has 3 heterocycles. The van der Waals surface area contributed by atoms with Crippen molar-refractivity contribution in [2.75, 3.05) is 39.5 Å². The molecule has 146 valence electrons. The third-order valence-electron chi connectivity index (χ3n) is 5.96. The second kappa shape index (κ2) is 7.48. The fourth-order valence-electron chi connectivity index (χ4n) is 4.32. The van der Waals surface area contributed by atoms with E-state index in [1.54, 1.807) is 23.1 Å². The number of carboxylic acid groups (broad SMARTS) is 1. The van der Waals surface area contributed by atoms with Crippen LogP contribution in [0.1, 0.15) is 29.6 Å². The third-order valence-corrected chi connectivity index (χ3v) is 5.96. The van der Waals surface area contributed by atoms with Crippen LogP contribution in [-0.2, 0) is 14.3 Å². The molecule has 0 radical (unpaired) electrons. The lowest BCUT2D eigenvalue weighted by atomic mass is 9.74. The zero-order valence-electron chi connectivity index (χ0n) is 15.3. The van der Waals surface area contributed by atoms with Crippen molar-refractivity contribution in [3.8, 4) is 5.75 Å². The lowest BCUT2D eigenvalue weighted by molar-refractivity contribution is -0.157. The molecule has 27 heavy (non-hydrogen) atoms. The highest BCUT2D eigenvalue weighted by molar-refractivity contribution is 5.95. The number of ether oxygens (including phenoxy) is 3. The predicted molar refractivity (Wildman–Crippen MR) is 95.8 cm³/mol. The monoisotopic (exact) mass is 375 g/mol. The molecular weight excluding hydrogens is 350 g/mol. The van der Waals surface area contributed by atoms with E-state index in [4.69, 9.17) is 14.2 Å². The minimum absolute atomic E-state index is 0.112. The first kappa shape index (κ1) is 18.3. The maximum atomic E-state index is 13.0. The predicted octanol–water partition coefficient (Wildman–Crippen LogP) is 1.81. The van der Waals surface area contributed by atoms with Crippen molar-refractivity contribution in [3.63, 3.8) is 0 Å². The van der Waals surface area contributed by atoms with Crippen LogP contribution in [-0.4, -0.2) is 67.5 Å². The second-order valence-electron chi connectivity index (χ2n) is 7.64. The highest BCUT2D eigenvalue weighted by Crippen LogP contribution is 2.42. The maximum absolute atomic E-state index is 13.0. The molecule has 1 aromatic rings. The summed E-state index contributed by atoms with van der Waals surface area (Å²) in [6.45, 7) is 2.71. The van der Waals surface area contributed by atoms with E-state index in [-0.39, 0.29) is 24.5 Å². The van der Waals surface area contributed by atoms with Gasteiger partial charge in [-0.2, -0.15) is 0 Å². The van der Waals surface area contributed by atoms with E-state index in [9.17, 15) is 14.7 Å². The molecule has 4 rings (SSSR count). The van der Waals surface area contributed by atoms with Crippen molar-refractivity contribution < 1.29 is 28.9 Å². The van der Waals surface area contributed by atoms with Gasteiger partial charge >= 0.3 is 5.97 Å². The molecule has 1 amide bonds. The average molecular weight is 375 g/mol. The number of hydrogen-bond donors (Lipinski definition) is 1. The van der Waals surface area contributed by atoms with E-state index in [0.29, 0.717) is 44.1 Å². The molecule has 1 unspecified atom stereocenters. The molecule has 7 heteroatoms. The number of rotatable bonds is 5. The highest BCUT2D eigenvalue weighted by atomic mass is 16.5. The van der Waals surface area contributed by atoms with Crippen LogP contribution >= 0.6 is 0 Å². The van der Waals surface area contributed by atoms with Crippen LogP contribution < -0.4 is 4.74 Å². The first-order valence-corrected chi connectivity index (χ1v) is 9.53. The summed E-state index contributed by atoms with van der Waals surface area (Å²) in [6, 6.07) is 7.08. The second-order valence-corrected chi connectivity index (χ2v) is 7.64. The summed E-state index contributed by atoms with van der Waals surface area (Å²) in [5.74, 6) is -0.525. The van der Waals surface area contributed by atoms with Gasteiger partial charge in [0.15, 0.2) is 0 Å². The molecule has 1 aromatic carbocycles. The van der Waals surface area contributed by atoms with Crippen LogP contribution in [0.15, 0.2) is 24.3 Å². The normalized spacial score (nSPS) is 30.1. The number of likely N-dealkylation sites (tertiary alicyclic amines) is 1. The number of fused-ring (bicyclic) bond motifs is 1. The zero-order valence-corrected chi connectivity index (χ0v) is 15.3. The van der Waals surface area contributed by atoms with Gasteiger partial charge in [-0.15, -0.1) is 0 Å². The van der Waals surface area contributed by atoms with Crippen LogP contribution in [0.25, 0.3) is 0 Å². The molecular formula is C20H25NO6. The molecule has 3 saturated heterocycles. The van der Waals surface area contributed by atoms with Crippen molar-refractivity contribution in [2.24, 2.45) is 11.3 Å². The van der Waals surface area contributed by atoms with Gasteiger partial charge in [-0.3, -0.25) is 9.59 Å². The van der Waals surface area contributed by atoms with Crippen LogP contribution in [0.2, 0.25) is 0 Å². The van der Waals surface area contributed by atoms with E-state index in [0.717, 1.165) is 19.4 Å². The third kappa shape index (κ3) is 3.53. The summed E-state index contributed by atoms with van der Waals surface area (Å²) >= 11 is 0. The lowest BCUT2D eigenvalue weighted by Gasteiger charge is -2.33. The fourth-order valence-corrected chi connectivity index (χ4v) is 4.32. The van der Waals surface area contributed by atoms with Crippen molar-refractivity contribution in [3.05, 3.63) is 29.8 Å². The summed E-state index contributed by atoms with van der Waals surface area (Å²) < 4.78 is 16.8. The van der Waals surface area contributed by atoms with Crippen molar-refractivity contribution >= 4 is 11.9 Å². The van der Waals surface area contributed by atoms with E-state index >= 15 is 0 Å². The van der Waals surface area contributed by atoms with Gasteiger partial charge in [0.2, 0.25) is 0 Å². The van der Waals surface area contributed by atoms with Crippen molar-refractivity contribution in [1.82, 2.24) is 4.90 Å². The summed E-state index contributed by atoms with van der Waals surface area (Å²) in [6.07, 6.45) is 2.60. The number of hydrogen-bond acceptors (Lipinski definition) is 5. The van der Waals surface area contributed by atoms with E-state index < -0.39 is 11.4 Å². The molecule has 1 N–H and O–H groups in total. The fraction of sp³-hybridized carbons (Fsp3) is 0.600. The Bertz CT molecular complexity index is 716. The van der Waals surface area contributed by atoms with Crippen LogP contribution in [0.3, 0.4) is 0 Å². The number of nitrogens with zero attached hydrogens (tertiary/aromatic N) is 1. The largest absolute Gasteiger partial charge is 0.491 e. The zero-order chi connectivity index (χ0) is 18.9. The summed E-state index contributed by atoms with van der Waals surface area (Å²) in [5, 5.41) is 9.76. The number of amides is 1. The molecule has 3 aliphatic rings. The van der Waals surface area contributed by atoms with Gasteiger partial charge in [-0.25, -0.2) is 0 Å². The molecule has 7 nitrogen and oxygen atoms in total. The van der Waals surface area contributed by atoms with Gasteiger partial charge in [0, 0.05) is 37.8 Å². The first-order chi connectivity index (χ1) is 13.1. The van der Waals surface area contributed by atoms with Gasteiger partial charge in [-0.1, -0.05) is 6.07 Å². The van der Waals surface area contributed by atoms with Gasteiger partial charge in [0.05, 0.1) is 18.1 Å². The Labute approximate surface area is 158 Å². The molecule has 0 aliphatic carbocycles. The van der Waals surface area contributed by atoms with Gasteiger partial charge in [0.25, 0.3) is 5.91 Å². The first-order valence-electron chi connectivity index (χ1n) is 9.53. The average Bonchev–Trinajstić information content (AvgIpc) is 3.34. The molecule has 0 bridgehead atoms. The Balaban J connectivity index is 1.45. The Morgan fingerprint density at radius 3 is 2.96 bits per heavy atom. The van der Waals surface area contributed by atoms with E-state index in [1.165, 1.54) is 0 Å². The Morgan fingerprint density at radius 2 is 2.22 bits per heavy atom. The van der Waals surface area contributed by atoms with Crippen molar-refractivity contribution in [2.45, 2.75) is 25.4 Å². The molecule has 3 fully saturated rings. The van der Waals surface area contributed by atoms with Crippen molar-refractivity contribution in [1.29, 1.82) is 0 Å². The van der Waals surface area contributed by atoms with Crippen LogP contribution in [0, 0.1) is 11.3 Å². The Morgan fingerprint density at radius 1 is 1.33 bits per heavy atom. The Hall–Kier alpha value is -2.12. The summed E-state index contributed by atoms with van der Waals surface area (Å²) in [7, 11) is 0. The SMILES string of the molecule is O=C(c1cccc(OCC2CCCO2)c1)N1C[C@H]2COCC[C@@]2(C(=O)O)C1. The van der Waals surface area contributed by atoms with Gasteiger partial charge < -0.3 is 24.2 Å². The van der Waals surface area contributed by atoms with E-state index in [1.807, 2.05) is 6.07 Å². The number of carbonyl (C=O) groups excluding carboxylic acids is 1. The molecule has 3 atom stereocenters. The minimum Gasteiger partial charge on any atom is -0.491 e. The molecule has 0 saturated carbocycles. The molecule has 3 aliphatic heterocycles. The summed E-state index contributed by atoms with van der Waals surface area (Å²) in [4.78, 5) is 26.5. The highest BCUT2D eigenvalue weighted by Gasteiger charge is 2.54. The number of aliphatic carboxylic acids is 1. The quantitative estimate of drug-likeness (QED) is 0.845. The number of carbonyl (C=O) groups is 2. The van der Waals surface area contributed by atoms with Crippen LogP contribution in [0.4, 0.5) is 0 Å². The Kier molecular flexibility index (Phi) is 5.06. The molecule has 0 aromatic heterocycles. The topological polar surface area (TPSA) is 85.3 Å². The molecule has 0 spiro atoms. The summed E-state index contributed by atoms with van der Waals surface area (Å²) in [5.41, 5.74) is -0.373. The number of carboxylic acids is 1. The van der Waals surface area contributed by atoms with Crippen LogP contribution in [0.5, 0.6) is 5.75 Å².